The molecule has 94 valence electrons. The summed E-state index contributed by atoms with van der Waals surface area (Å²) in [5.41, 5.74) is 3.75. The van der Waals surface area contributed by atoms with Crippen molar-refractivity contribution in [3.05, 3.63) is 27.5 Å². The van der Waals surface area contributed by atoms with E-state index in [-0.39, 0.29) is 5.38 Å². The minimum absolute atomic E-state index is 0.209. The summed E-state index contributed by atoms with van der Waals surface area (Å²) < 4.78 is 3.10. The van der Waals surface area contributed by atoms with Gasteiger partial charge in [0.1, 0.15) is 0 Å². The van der Waals surface area contributed by atoms with Crippen LogP contribution in [0.25, 0.3) is 0 Å². The van der Waals surface area contributed by atoms with Gasteiger partial charge < -0.3 is 0 Å². The Labute approximate surface area is 116 Å². The third-order valence-corrected chi connectivity index (χ3v) is 4.68. The molecule has 0 N–H and O–H groups in total. The number of hydrogen-bond donors (Lipinski definition) is 0. The Kier molecular flexibility index (Phi) is 4.31. The summed E-state index contributed by atoms with van der Waals surface area (Å²) in [7, 11) is 2.00. The summed E-state index contributed by atoms with van der Waals surface area (Å²) in [6, 6.07) is 0. The van der Waals surface area contributed by atoms with Crippen molar-refractivity contribution in [2.24, 2.45) is 7.05 Å². The standard InChI is InChI=1S/C13H18BrClN2/c1-9-13(14)12(17(2)16-9)8-10-5-3-4-6-11(15)7-10/h7,11H,3-6,8H2,1-2H3. The maximum Gasteiger partial charge on any atom is 0.0738 e. The van der Waals surface area contributed by atoms with E-state index in [0.29, 0.717) is 0 Å². The van der Waals surface area contributed by atoms with Crippen molar-refractivity contribution in [2.75, 3.05) is 0 Å². The lowest BCUT2D eigenvalue weighted by molar-refractivity contribution is 0.689. The van der Waals surface area contributed by atoms with Gasteiger partial charge in [-0.15, -0.1) is 11.6 Å². The second kappa shape index (κ2) is 5.57. The predicted molar refractivity (Wildman–Crippen MR) is 75.5 cm³/mol. The van der Waals surface area contributed by atoms with Gasteiger partial charge in [0.15, 0.2) is 0 Å². The first-order valence-corrected chi connectivity index (χ1v) is 7.32. The van der Waals surface area contributed by atoms with Crippen LogP contribution in [0, 0.1) is 6.92 Å². The van der Waals surface area contributed by atoms with Crippen molar-refractivity contribution in [1.29, 1.82) is 0 Å². The summed E-state index contributed by atoms with van der Waals surface area (Å²) in [5, 5.41) is 4.64. The quantitative estimate of drug-likeness (QED) is 0.592. The Bertz CT molecular complexity index is 437. The Morgan fingerprint density at radius 2 is 2.29 bits per heavy atom. The molecular weight excluding hydrogens is 300 g/mol. The van der Waals surface area contributed by atoms with Crippen LogP contribution >= 0.6 is 27.5 Å². The number of allylic oxidation sites excluding steroid dienone is 2. The largest absolute Gasteiger partial charge is 0.271 e. The van der Waals surface area contributed by atoms with Crippen molar-refractivity contribution in [2.45, 2.75) is 44.4 Å². The Morgan fingerprint density at radius 1 is 1.53 bits per heavy atom. The van der Waals surface area contributed by atoms with E-state index in [1.54, 1.807) is 0 Å². The number of nitrogens with zero attached hydrogens (tertiary/aromatic N) is 2. The van der Waals surface area contributed by atoms with E-state index >= 15 is 0 Å². The van der Waals surface area contributed by atoms with Crippen LogP contribution in [0.2, 0.25) is 0 Å². The first-order valence-electron chi connectivity index (χ1n) is 6.09. The third-order valence-electron chi connectivity index (χ3n) is 3.30. The van der Waals surface area contributed by atoms with Crippen LogP contribution in [-0.4, -0.2) is 15.2 Å². The lowest BCUT2D eigenvalue weighted by Crippen LogP contribution is -2.01. The van der Waals surface area contributed by atoms with Gasteiger partial charge in [-0.2, -0.15) is 5.10 Å². The highest BCUT2D eigenvalue weighted by atomic mass is 79.9. The second-order valence-electron chi connectivity index (χ2n) is 4.73. The molecule has 0 aliphatic heterocycles. The zero-order chi connectivity index (χ0) is 12.4. The van der Waals surface area contributed by atoms with E-state index in [2.05, 4.69) is 27.1 Å². The molecule has 17 heavy (non-hydrogen) atoms. The van der Waals surface area contributed by atoms with Crippen LogP contribution in [0.1, 0.15) is 37.1 Å². The first-order chi connectivity index (χ1) is 8.08. The molecule has 0 saturated heterocycles. The summed E-state index contributed by atoms with van der Waals surface area (Å²) >= 11 is 9.88. The molecule has 2 rings (SSSR count). The first kappa shape index (κ1) is 13.2. The molecule has 0 aromatic carbocycles. The van der Waals surface area contributed by atoms with Gasteiger partial charge in [-0.1, -0.05) is 18.1 Å². The second-order valence-corrected chi connectivity index (χ2v) is 6.09. The highest BCUT2D eigenvalue weighted by Crippen LogP contribution is 2.27. The molecule has 1 unspecified atom stereocenters. The Balaban J connectivity index is 2.19. The Hall–Kier alpha value is -0.280. The molecule has 0 spiro atoms. The van der Waals surface area contributed by atoms with Crippen molar-refractivity contribution >= 4 is 27.5 Å². The van der Waals surface area contributed by atoms with Crippen LogP contribution in [0.15, 0.2) is 16.1 Å². The number of alkyl halides is 1. The maximum absolute atomic E-state index is 6.26. The van der Waals surface area contributed by atoms with E-state index in [4.69, 9.17) is 11.6 Å². The van der Waals surface area contributed by atoms with Crippen LogP contribution in [0.4, 0.5) is 0 Å². The van der Waals surface area contributed by atoms with Gasteiger partial charge in [0.2, 0.25) is 0 Å². The highest BCUT2D eigenvalue weighted by Gasteiger charge is 2.15. The number of hydrogen-bond acceptors (Lipinski definition) is 1. The van der Waals surface area contributed by atoms with Crippen molar-refractivity contribution in [3.63, 3.8) is 0 Å². The third kappa shape index (κ3) is 3.14. The van der Waals surface area contributed by atoms with Gasteiger partial charge in [0.25, 0.3) is 0 Å². The van der Waals surface area contributed by atoms with Gasteiger partial charge in [0, 0.05) is 13.5 Å². The fourth-order valence-electron chi connectivity index (χ4n) is 2.35. The predicted octanol–water partition coefficient (Wildman–Crippen LogP) is 4.14. The molecule has 2 nitrogen and oxygen atoms in total. The lowest BCUT2D eigenvalue weighted by Gasteiger charge is -2.07. The zero-order valence-electron chi connectivity index (χ0n) is 10.3. The smallest absolute Gasteiger partial charge is 0.0738 e. The van der Waals surface area contributed by atoms with Crippen LogP contribution < -0.4 is 0 Å². The van der Waals surface area contributed by atoms with E-state index in [0.717, 1.165) is 23.0 Å². The summed E-state index contributed by atoms with van der Waals surface area (Å²) in [4.78, 5) is 0. The van der Waals surface area contributed by atoms with Gasteiger partial charge in [0.05, 0.1) is 21.2 Å². The Morgan fingerprint density at radius 3 is 2.94 bits per heavy atom. The lowest BCUT2D eigenvalue weighted by atomic mass is 10.0. The van der Waals surface area contributed by atoms with E-state index in [1.165, 1.54) is 30.5 Å². The van der Waals surface area contributed by atoms with Crippen LogP contribution in [-0.2, 0) is 13.5 Å². The molecule has 0 bridgehead atoms. The number of aryl methyl sites for hydroxylation is 2. The molecule has 1 aliphatic carbocycles. The number of aromatic nitrogens is 2. The molecule has 1 aromatic heterocycles. The van der Waals surface area contributed by atoms with Crippen molar-refractivity contribution in [1.82, 2.24) is 9.78 Å². The van der Waals surface area contributed by atoms with E-state index < -0.39 is 0 Å². The molecule has 1 heterocycles. The highest BCUT2D eigenvalue weighted by molar-refractivity contribution is 9.10. The fourth-order valence-corrected chi connectivity index (χ4v) is 3.16. The van der Waals surface area contributed by atoms with Gasteiger partial charge in [-0.3, -0.25) is 4.68 Å². The molecular formula is C13H18BrClN2. The SMILES string of the molecule is Cc1nn(C)c(CC2=CC(Cl)CCCC2)c1Br. The molecule has 4 heteroatoms. The van der Waals surface area contributed by atoms with Gasteiger partial charge in [-0.05, 0) is 42.1 Å². The molecule has 1 atom stereocenters. The van der Waals surface area contributed by atoms with E-state index in [9.17, 15) is 0 Å². The topological polar surface area (TPSA) is 17.8 Å². The summed E-state index contributed by atoms with van der Waals surface area (Å²) in [6.07, 6.45) is 7.96. The number of rotatable bonds is 2. The molecule has 1 aliphatic rings. The molecule has 1 aromatic rings. The minimum atomic E-state index is 0.209. The summed E-state index contributed by atoms with van der Waals surface area (Å²) in [5.74, 6) is 0. The normalized spacial score (nSPS) is 21.2. The monoisotopic (exact) mass is 316 g/mol. The van der Waals surface area contributed by atoms with Gasteiger partial charge >= 0.3 is 0 Å². The summed E-state index contributed by atoms with van der Waals surface area (Å²) in [6.45, 7) is 2.03. The molecule has 0 saturated carbocycles. The average molecular weight is 318 g/mol. The zero-order valence-corrected chi connectivity index (χ0v) is 12.7. The van der Waals surface area contributed by atoms with Crippen LogP contribution in [0.3, 0.4) is 0 Å². The van der Waals surface area contributed by atoms with E-state index in [1.807, 2.05) is 18.7 Å². The van der Waals surface area contributed by atoms with Crippen molar-refractivity contribution in [3.8, 4) is 0 Å². The minimum Gasteiger partial charge on any atom is -0.271 e. The molecule has 0 amide bonds. The average Bonchev–Trinajstić information content (AvgIpc) is 2.46. The fraction of sp³-hybridized carbons (Fsp3) is 0.615. The van der Waals surface area contributed by atoms with Crippen molar-refractivity contribution < 1.29 is 0 Å². The molecule has 0 fully saturated rings. The maximum atomic E-state index is 6.26. The number of halogens is 2. The van der Waals surface area contributed by atoms with Gasteiger partial charge in [-0.25, -0.2) is 0 Å². The van der Waals surface area contributed by atoms with Crippen LogP contribution in [0.5, 0.6) is 0 Å². The molecule has 0 radical (unpaired) electrons.